The van der Waals surface area contributed by atoms with Gasteiger partial charge in [-0.1, -0.05) is 41.9 Å². The largest absolute Gasteiger partial charge is 0.488 e. The van der Waals surface area contributed by atoms with Crippen molar-refractivity contribution in [1.29, 1.82) is 0 Å². The van der Waals surface area contributed by atoms with E-state index in [-0.39, 0.29) is 5.69 Å². The van der Waals surface area contributed by atoms with Gasteiger partial charge in [-0.2, -0.15) is 10.2 Å². The Morgan fingerprint density at radius 3 is 2.83 bits per heavy atom. The summed E-state index contributed by atoms with van der Waals surface area (Å²) in [5.41, 5.74) is 4.89. The number of hydrazone groups is 1. The zero-order valence-electron chi connectivity index (χ0n) is 15.7. The molecule has 2 aromatic heterocycles. The number of carbonyl (C=O) groups is 1. The molecule has 8 heteroatoms. The van der Waals surface area contributed by atoms with Gasteiger partial charge in [-0.05, 0) is 36.4 Å². The second-order valence-electron chi connectivity index (χ2n) is 6.26. The molecular weight excluding hydrogens is 404 g/mol. The molecule has 0 fully saturated rings. The fourth-order valence-electron chi connectivity index (χ4n) is 2.73. The molecular formula is C22H17ClN4O3. The fraction of sp³-hybridized carbons (Fsp3) is 0.0455. The predicted octanol–water partition coefficient (Wildman–Crippen LogP) is 4.67. The van der Waals surface area contributed by atoms with E-state index in [1.807, 2.05) is 48.5 Å². The Balaban J connectivity index is 1.46. The van der Waals surface area contributed by atoms with Crippen molar-refractivity contribution in [3.63, 3.8) is 0 Å². The van der Waals surface area contributed by atoms with Crippen LogP contribution in [0.3, 0.4) is 0 Å². The summed E-state index contributed by atoms with van der Waals surface area (Å²) in [4.78, 5) is 12.3. The maximum Gasteiger partial charge on any atom is 0.289 e. The van der Waals surface area contributed by atoms with Gasteiger partial charge in [0, 0.05) is 16.1 Å². The van der Waals surface area contributed by atoms with Crippen LogP contribution in [0, 0.1) is 0 Å². The van der Waals surface area contributed by atoms with Crippen LogP contribution in [0.1, 0.15) is 21.8 Å². The van der Waals surface area contributed by atoms with Crippen LogP contribution in [-0.4, -0.2) is 22.3 Å². The first kappa shape index (κ1) is 19.5. The van der Waals surface area contributed by atoms with E-state index in [1.165, 1.54) is 12.5 Å². The van der Waals surface area contributed by atoms with Crippen LogP contribution in [0.25, 0.3) is 11.3 Å². The van der Waals surface area contributed by atoms with E-state index in [1.54, 1.807) is 18.2 Å². The smallest absolute Gasteiger partial charge is 0.289 e. The average Bonchev–Trinajstić information content (AvgIpc) is 3.46. The number of furan rings is 1. The minimum Gasteiger partial charge on any atom is -0.488 e. The number of aromatic amines is 1. The standard InChI is InChI=1S/C22H17ClN4O3/c23-18-9-3-1-6-15(18)14-30-21-10-4-2-8-17(21)19-12-20(26-25-19)22(28)27-24-13-16-7-5-11-29-16/h1-13H,14H2,(H,25,26)(H,27,28)/b24-13-. The summed E-state index contributed by atoms with van der Waals surface area (Å²) in [5.74, 6) is 0.739. The number of hydrogen-bond donors (Lipinski definition) is 2. The second-order valence-corrected chi connectivity index (χ2v) is 6.66. The first-order valence-electron chi connectivity index (χ1n) is 9.08. The summed E-state index contributed by atoms with van der Waals surface area (Å²) in [5, 5.41) is 11.5. The molecule has 2 N–H and O–H groups in total. The van der Waals surface area contributed by atoms with Crippen molar-refractivity contribution in [2.24, 2.45) is 5.10 Å². The van der Waals surface area contributed by atoms with Crippen molar-refractivity contribution < 1.29 is 13.9 Å². The molecule has 0 aliphatic heterocycles. The lowest BCUT2D eigenvalue weighted by Crippen LogP contribution is -2.17. The summed E-state index contributed by atoms with van der Waals surface area (Å²) in [6, 6.07) is 20.1. The summed E-state index contributed by atoms with van der Waals surface area (Å²) in [6.07, 6.45) is 2.93. The van der Waals surface area contributed by atoms with Gasteiger partial charge >= 0.3 is 0 Å². The van der Waals surface area contributed by atoms with Gasteiger partial charge in [-0.3, -0.25) is 9.89 Å². The van der Waals surface area contributed by atoms with Crippen LogP contribution in [-0.2, 0) is 6.61 Å². The quantitative estimate of drug-likeness (QED) is 0.336. The minimum atomic E-state index is -0.425. The summed E-state index contributed by atoms with van der Waals surface area (Å²) in [7, 11) is 0. The zero-order chi connectivity index (χ0) is 20.8. The van der Waals surface area contributed by atoms with E-state index in [9.17, 15) is 4.79 Å². The molecule has 0 unspecified atom stereocenters. The first-order valence-corrected chi connectivity index (χ1v) is 9.46. The lowest BCUT2D eigenvalue weighted by Gasteiger charge is -2.11. The van der Waals surface area contributed by atoms with E-state index < -0.39 is 5.91 Å². The van der Waals surface area contributed by atoms with Crippen LogP contribution in [0.4, 0.5) is 0 Å². The van der Waals surface area contributed by atoms with Crippen molar-refractivity contribution in [1.82, 2.24) is 15.6 Å². The summed E-state index contributed by atoms with van der Waals surface area (Å²) < 4.78 is 11.1. The normalized spacial score (nSPS) is 11.0. The highest BCUT2D eigenvalue weighted by atomic mass is 35.5. The molecule has 0 radical (unpaired) electrons. The Bertz CT molecular complexity index is 1170. The molecule has 2 heterocycles. The summed E-state index contributed by atoms with van der Waals surface area (Å²) in [6.45, 7) is 0.315. The van der Waals surface area contributed by atoms with Crippen LogP contribution in [0.5, 0.6) is 5.75 Å². The first-order chi connectivity index (χ1) is 14.7. The van der Waals surface area contributed by atoms with Crippen molar-refractivity contribution in [3.8, 4) is 17.0 Å². The number of halogens is 1. The number of hydrogen-bond acceptors (Lipinski definition) is 5. The Labute approximate surface area is 177 Å². The number of aromatic nitrogens is 2. The number of benzene rings is 2. The van der Waals surface area contributed by atoms with E-state index in [4.69, 9.17) is 20.8 Å². The van der Waals surface area contributed by atoms with Gasteiger partial charge in [0.1, 0.15) is 23.8 Å². The highest BCUT2D eigenvalue weighted by molar-refractivity contribution is 6.31. The molecule has 2 aromatic carbocycles. The molecule has 4 aromatic rings. The topological polar surface area (TPSA) is 92.5 Å². The van der Waals surface area contributed by atoms with Gasteiger partial charge in [-0.25, -0.2) is 5.43 Å². The molecule has 7 nitrogen and oxygen atoms in total. The van der Waals surface area contributed by atoms with Crippen molar-refractivity contribution in [2.45, 2.75) is 6.61 Å². The molecule has 0 bridgehead atoms. The third-order valence-electron chi connectivity index (χ3n) is 4.23. The lowest BCUT2D eigenvalue weighted by atomic mass is 10.1. The second kappa shape index (κ2) is 9.11. The minimum absolute atomic E-state index is 0.266. The Hall–Kier alpha value is -3.84. The molecule has 150 valence electrons. The van der Waals surface area contributed by atoms with Gasteiger partial charge in [-0.15, -0.1) is 0 Å². The van der Waals surface area contributed by atoms with Crippen LogP contribution >= 0.6 is 11.6 Å². The maximum atomic E-state index is 12.3. The van der Waals surface area contributed by atoms with Gasteiger partial charge < -0.3 is 9.15 Å². The van der Waals surface area contributed by atoms with E-state index in [0.717, 1.165) is 11.1 Å². The Morgan fingerprint density at radius 2 is 2.00 bits per heavy atom. The lowest BCUT2D eigenvalue weighted by molar-refractivity contribution is 0.0950. The number of H-pyrrole nitrogens is 1. The number of ether oxygens (including phenoxy) is 1. The molecule has 4 rings (SSSR count). The predicted molar refractivity (Wildman–Crippen MR) is 114 cm³/mol. The SMILES string of the molecule is O=C(N/N=C\c1ccco1)c1cc(-c2ccccc2OCc2ccccc2Cl)n[nH]1. The van der Waals surface area contributed by atoms with Gasteiger partial charge in [0.25, 0.3) is 5.91 Å². The number of carbonyl (C=O) groups excluding carboxylic acids is 1. The van der Waals surface area contributed by atoms with E-state index in [2.05, 4.69) is 20.7 Å². The number of para-hydroxylation sites is 1. The molecule has 0 atom stereocenters. The average molecular weight is 421 g/mol. The summed E-state index contributed by atoms with van der Waals surface area (Å²) >= 11 is 6.20. The van der Waals surface area contributed by atoms with Gasteiger partial charge in [0.2, 0.25) is 0 Å². The fourth-order valence-corrected chi connectivity index (χ4v) is 2.92. The molecule has 0 saturated heterocycles. The van der Waals surface area contributed by atoms with E-state index in [0.29, 0.717) is 28.8 Å². The van der Waals surface area contributed by atoms with Crippen LogP contribution in [0.15, 0.2) is 82.5 Å². The number of nitrogens with zero attached hydrogens (tertiary/aromatic N) is 2. The van der Waals surface area contributed by atoms with Crippen molar-refractivity contribution in [2.75, 3.05) is 0 Å². The third-order valence-corrected chi connectivity index (χ3v) is 4.60. The molecule has 0 saturated carbocycles. The zero-order valence-corrected chi connectivity index (χ0v) is 16.5. The van der Waals surface area contributed by atoms with Crippen LogP contribution < -0.4 is 10.2 Å². The van der Waals surface area contributed by atoms with E-state index >= 15 is 0 Å². The monoisotopic (exact) mass is 420 g/mol. The molecule has 0 aliphatic rings. The maximum absolute atomic E-state index is 12.3. The Morgan fingerprint density at radius 1 is 1.17 bits per heavy atom. The molecule has 0 aliphatic carbocycles. The Kier molecular flexibility index (Phi) is 5.91. The highest BCUT2D eigenvalue weighted by Gasteiger charge is 2.14. The van der Waals surface area contributed by atoms with Crippen molar-refractivity contribution in [3.05, 3.63) is 95.0 Å². The number of rotatable bonds is 7. The molecule has 1 amide bonds. The van der Waals surface area contributed by atoms with Gasteiger partial charge in [0.05, 0.1) is 18.2 Å². The van der Waals surface area contributed by atoms with Gasteiger partial charge in [0.15, 0.2) is 0 Å². The highest BCUT2D eigenvalue weighted by Crippen LogP contribution is 2.30. The molecule has 30 heavy (non-hydrogen) atoms. The van der Waals surface area contributed by atoms with Crippen LogP contribution in [0.2, 0.25) is 5.02 Å². The molecule has 0 spiro atoms. The third kappa shape index (κ3) is 4.59. The number of nitrogens with one attached hydrogen (secondary N) is 2. The number of amides is 1. The van der Waals surface area contributed by atoms with Crippen molar-refractivity contribution >= 4 is 23.7 Å².